The molecule has 104 valence electrons. The van der Waals surface area contributed by atoms with Crippen LogP contribution < -0.4 is 9.47 Å². The number of hydrogen-bond acceptors (Lipinski definition) is 4. The molecule has 0 atom stereocenters. The predicted molar refractivity (Wildman–Crippen MR) is 70.8 cm³/mol. The van der Waals surface area contributed by atoms with E-state index in [1.165, 1.54) is 5.56 Å². The molecule has 2 fully saturated rings. The topological polar surface area (TPSA) is 47.9 Å². The third-order valence-corrected chi connectivity index (χ3v) is 4.80. The molecule has 1 saturated carbocycles. The van der Waals surface area contributed by atoms with E-state index in [4.69, 9.17) is 14.2 Å². The molecule has 0 bridgehead atoms. The monoisotopic (exact) mass is 264 g/mol. The van der Waals surface area contributed by atoms with Gasteiger partial charge in [-0.25, -0.2) is 0 Å². The minimum Gasteiger partial charge on any atom is -0.493 e. The summed E-state index contributed by atoms with van der Waals surface area (Å²) in [5.74, 6) is 1.47. The van der Waals surface area contributed by atoms with Crippen LogP contribution in [0.25, 0.3) is 0 Å². The first kappa shape index (κ1) is 12.8. The molecule has 4 heteroatoms. The summed E-state index contributed by atoms with van der Waals surface area (Å²) in [6, 6.07) is 6.03. The van der Waals surface area contributed by atoms with Crippen molar-refractivity contribution in [2.24, 2.45) is 5.41 Å². The summed E-state index contributed by atoms with van der Waals surface area (Å²) in [4.78, 5) is 0. The van der Waals surface area contributed by atoms with Gasteiger partial charge in [-0.2, -0.15) is 0 Å². The van der Waals surface area contributed by atoms with E-state index < -0.39 is 0 Å². The summed E-state index contributed by atoms with van der Waals surface area (Å²) in [7, 11) is 3.28. The minimum absolute atomic E-state index is 0.00481. The van der Waals surface area contributed by atoms with Gasteiger partial charge in [-0.1, -0.05) is 6.07 Å². The number of methoxy groups -OCH3 is 2. The van der Waals surface area contributed by atoms with Crippen molar-refractivity contribution in [1.82, 2.24) is 0 Å². The van der Waals surface area contributed by atoms with Crippen LogP contribution >= 0.6 is 0 Å². The lowest BCUT2D eigenvalue weighted by atomic mass is 9.66. The van der Waals surface area contributed by atoms with E-state index in [2.05, 4.69) is 6.07 Å². The molecule has 1 N–H and O–H groups in total. The highest BCUT2D eigenvalue weighted by Crippen LogP contribution is 2.62. The number of hydrogen-bond donors (Lipinski definition) is 1. The van der Waals surface area contributed by atoms with E-state index >= 15 is 0 Å². The number of aliphatic hydroxyl groups is 1. The lowest BCUT2D eigenvalue weighted by Crippen LogP contribution is -2.54. The molecule has 0 aromatic heterocycles. The van der Waals surface area contributed by atoms with Gasteiger partial charge in [0.25, 0.3) is 0 Å². The molecule has 1 aliphatic heterocycles. The van der Waals surface area contributed by atoms with Gasteiger partial charge in [0.05, 0.1) is 27.4 Å². The second kappa shape index (κ2) is 4.39. The van der Waals surface area contributed by atoms with Crippen molar-refractivity contribution >= 4 is 0 Å². The average Bonchev–Trinajstić information content (AvgIpc) is 3.18. The summed E-state index contributed by atoms with van der Waals surface area (Å²) >= 11 is 0. The van der Waals surface area contributed by atoms with Crippen molar-refractivity contribution in [2.45, 2.75) is 18.3 Å². The maximum Gasteiger partial charge on any atom is 0.161 e. The van der Waals surface area contributed by atoms with Crippen LogP contribution in [0, 0.1) is 5.41 Å². The number of ether oxygens (including phenoxy) is 3. The van der Waals surface area contributed by atoms with Crippen LogP contribution in [0.1, 0.15) is 18.4 Å². The standard InChI is InChI=1S/C15H20O4/c1-17-12-4-3-11(7-13(12)18-2)15(9-19-10-15)14(8-16)5-6-14/h3-4,7,16H,5-6,8-10H2,1-2H3. The van der Waals surface area contributed by atoms with Crippen LogP contribution in [0.2, 0.25) is 0 Å². The van der Waals surface area contributed by atoms with Gasteiger partial charge in [-0.05, 0) is 30.5 Å². The third kappa shape index (κ3) is 1.66. The van der Waals surface area contributed by atoms with Crippen molar-refractivity contribution in [2.75, 3.05) is 34.0 Å². The van der Waals surface area contributed by atoms with E-state index in [1.54, 1.807) is 14.2 Å². The lowest BCUT2D eigenvalue weighted by Gasteiger charge is -2.48. The second-order valence-electron chi connectivity index (χ2n) is 5.58. The smallest absolute Gasteiger partial charge is 0.161 e. The van der Waals surface area contributed by atoms with Gasteiger partial charge in [0, 0.05) is 17.4 Å². The van der Waals surface area contributed by atoms with Crippen molar-refractivity contribution in [3.8, 4) is 11.5 Å². The maximum absolute atomic E-state index is 9.73. The first-order valence-electron chi connectivity index (χ1n) is 6.62. The fraction of sp³-hybridized carbons (Fsp3) is 0.600. The summed E-state index contributed by atoms with van der Waals surface area (Å²) < 4.78 is 16.1. The van der Waals surface area contributed by atoms with Crippen LogP contribution in [0.3, 0.4) is 0 Å². The van der Waals surface area contributed by atoms with E-state index in [0.29, 0.717) is 13.2 Å². The van der Waals surface area contributed by atoms with E-state index in [0.717, 1.165) is 24.3 Å². The summed E-state index contributed by atoms with van der Waals surface area (Å²) in [6.45, 7) is 1.59. The van der Waals surface area contributed by atoms with Gasteiger partial charge >= 0.3 is 0 Å². The average molecular weight is 264 g/mol. The Balaban J connectivity index is 2.01. The van der Waals surface area contributed by atoms with Crippen LogP contribution in [0.15, 0.2) is 18.2 Å². The second-order valence-corrected chi connectivity index (χ2v) is 5.58. The Bertz CT molecular complexity index is 475. The van der Waals surface area contributed by atoms with Crippen molar-refractivity contribution in [3.05, 3.63) is 23.8 Å². The zero-order valence-electron chi connectivity index (χ0n) is 11.4. The third-order valence-electron chi connectivity index (χ3n) is 4.80. The largest absolute Gasteiger partial charge is 0.493 e. The number of rotatable bonds is 5. The van der Waals surface area contributed by atoms with Gasteiger partial charge in [-0.15, -0.1) is 0 Å². The molecule has 1 aliphatic carbocycles. The Labute approximate surface area is 113 Å². The Morgan fingerprint density at radius 3 is 2.26 bits per heavy atom. The molecule has 1 heterocycles. The molecule has 0 unspecified atom stereocenters. The van der Waals surface area contributed by atoms with E-state index in [9.17, 15) is 5.11 Å². The molecular weight excluding hydrogens is 244 g/mol. The highest BCUT2D eigenvalue weighted by molar-refractivity contribution is 5.47. The zero-order valence-corrected chi connectivity index (χ0v) is 11.4. The predicted octanol–water partition coefficient (Wildman–Crippen LogP) is 1.74. The van der Waals surface area contributed by atoms with Crippen LogP contribution in [0.5, 0.6) is 11.5 Å². The summed E-state index contributed by atoms with van der Waals surface area (Å²) in [5, 5.41) is 9.73. The minimum atomic E-state index is -0.0543. The van der Waals surface area contributed by atoms with Crippen LogP contribution in [-0.4, -0.2) is 39.1 Å². The lowest BCUT2D eigenvalue weighted by molar-refractivity contribution is -0.110. The molecule has 1 aromatic rings. The van der Waals surface area contributed by atoms with Gasteiger partial charge in [0.2, 0.25) is 0 Å². The fourth-order valence-corrected chi connectivity index (χ4v) is 3.16. The van der Waals surface area contributed by atoms with Crippen LogP contribution in [0.4, 0.5) is 0 Å². The summed E-state index contributed by atoms with van der Waals surface area (Å²) in [5.41, 5.74) is 1.13. The molecule has 3 rings (SSSR count). The number of benzene rings is 1. The molecule has 0 radical (unpaired) electrons. The molecule has 4 nitrogen and oxygen atoms in total. The Kier molecular flexibility index (Phi) is 2.95. The first-order valence-corrected chi connectivity index (χ1v) is 6.62. The Morgan fingerprint density at radius 1 is 1.16 bits per heavy atom. The first-order chi connectivity index (χ1) is 9.21. The van der Waals surface area contributed by atoms with E-state index in [-0.39, 0.29) is 17.4 Å². The highest BCUT2D eigenvalue weighted by Gasteiger charge is 2.63. The normalized spacial score (nSPS) is 22.5. The molecule has 2 aliphatic rings. The van der Waals surface area contributed by atoms with Crippen molar-refractivity contribution in [1.29, 1.82) is 0 Å². The van der Waals surface area contributed by atoms with Gasteiger partial charge in [0.15, 0.2) is 11.5 Å². The van der Waals surface area contributed by atoms with Gasteiger partial charge in [-0.3, -0.25) is 0 Å². The molecular formula is C15H20O4. The summed E-state index contributed by atoms with van der Waals surface area (Å²) in [6.07, 6.45) is 2.14. The quantitative estimate of drug-likeness (QED) is 0.880. The highest BCUT2D eigenvalue weighted by atomic mass is 16.5. The Hall–Kier alpha value is -1.26. The molecule has 1 aromatic carbocycles. The molecule has 19 heavy (non-hydrogen) atoms. The van der Waals surface area contributed by atoms with Crippen LogP contribution in [-0.2, 0) is 10.2 Å². The fourth-order valence-electron chi connectivity index (χ4n) is 3.16. The van der Waals surface area contributed by atoms with Crippen molar-refractivity contribution in [3.63, 3.8) is 0 Å². The molecule has 1 saturated heterocycles. The Morgan fingerprint density at radius 2 is 1.84 bits per heavy atom. The SMILES string of the molecule is COc1ccc(C2(C3(CO)CC3)COC2)cc1OC. The zero-order chi connectivity index (χ0) is 13.5. The molecule has 0 amide bonds. The van der Waals surface area contributed by atoms with Gasteiger partial charge in [0.1, 0.15) is 0 Å². The number of aliphatic hydroxyl groups excluding tert-OH is 1. The molecule has 0 spiro atoms. The maximum atomic E-state index is 9.73. The van der Waals surface area contributed by atoms with Crippen molar-refractivity contribution < 1.29 is 19.3 Å². The van der Waals surface area contributed by atoms with E-state index in [1.807, 2.05) is 12.1 Å². The van der Waals surface area contributed by atoms with Gasteiger partial charge < -0.3 is 19.3 Å².